The Morgan fingerprint density at radius 1 is 1.32 bits per heavy atom. The van der Waals surface area contributed by atoms with E-state index in [0.717, 1.165) is 6.26 Å². The van der Waals surface area contributed by atoms with Crippen LogP contribution in [0.2, 0.25) is 0 Å². The van der Waals surface area contributed by atoms with Crippen LogP contribution in [-0.4, -0.2) is 37.3 Å². The summed E-state index contributed by atoms with van der Waals surface area (Å²) in [5, 5.41) is 6.38. The summed E-state index contributed by atoms with van der Waals surface area (Å²) in [6, 6.07) is 5.28. The van der Waals surface area contributed by atoms with Crippen LogP contribution in [0.15, 0.2) is 33.7 Å². The zero-order valence-electron chi connectivity index (χ0n) is 11.6. The molecule has 1 aliphatic heterocycles. The molecule has 2 heterocycles. The summed E-state index contributed by atoms with van der Waals surface area (Å²) in [6.45, 7) is -0.418. The van der Waals surface area contributed by atoms with Crippen LogP contribution in [-0.2, 0) is 9.84 Å². The molecule has 118 valence electrons. The molecule has 1 fully saturated rings. The minimum atomic E-state index is -3.28. The Bertz CT molecular complexity index is 787. The molecule has 0 saturated carbocycles. The van der Waals surface area contributed by atoms with E-state index in [4.69, 9.17) is 4.52 Å². The average Bonchev–Trinajstić information content (AvgIpc) is 3.04. The monoisotopic (exact) mass is 329 g/mol. The molecular weight excluding hydrogens is 316 g/mol. The highest BCUT2D eigenvalue weighted by atomic mass is 32.2. The van der Waals surface area contributed by atoms with E-state index in [0.29, 0.717) is 5.56 Å². The predicted molar refractivity (Wildman–Crippen MR) is 73.2 cm³/mol. The Balaban J connectivity index is 1.82. The van der Waals surface area contributed by atoms with Gasteiger partial charge in [0, 0.05) is 18.2 Å². The average molecular weight is 329 g/mol. The SMILES string of the molecule is CS(=O)(=O)c1ccc(-c2noc(C3CC(F)(F)CN3)n2)cc1. The quantitative estimate of drug-likeness (QED) is 0.924. The molecule has 3 rings (SSSR count). The van der Waals surface area contributed by atoms with Crippen LogP contribution >= 0.6 is 0 Å². The van der Waals surface area contributed by atoms with Crippen LogP contribution in [0.25, 0.3) is 11.4 Å². The van der Waals surface area contributed by atoms with Crippen molar-refractivity contribution in [2.24, 2.45) is 0 Å². The Kier molecular flexibility index (Phi) is 3.48. The molecule has 0 radical (unpaired) electrons. The van der Waals surface area contributed by atoms with Gasteiger partial charge in [-0.15, -0.1) is 0 Å². The first-order valence-corrected chi connectivity index (χ1v) is 8.39. The normalized spacial score (nSPS) is 21.1. The number of nitrogens with one attached hydrogen (secondary N) is 1. The van der Waals surface area contributed by atoms with Crippen LogP contribution in [0.4, 0.5) is 8.78 Å². The van der Waals surface area contributed by atoms with Crippen molar-refractivity contribution >= 4 is 9.84 Å². The number of hydrogen-bond acceptors (Lipinski definition) is 6. The van der Waals surface area contributed by atoms with Crippen molar-refractivity contribution in [2.75, 3.05) is 12.8 Å². The van der Waals surface area contributed by atoms with Crippen molar-refractivity contribution < 1.29 is 21.7 Å². The number of nitrogens with zero attached hydrogens (tertiary/aromatic N) is 2. The maximum Gasteiger partial charge on any atom is 0.262 e. The standard InChI is InChI=1S/C13H13F2N3O3S/c1-22(19,20)9-4-2-8(3-5-9)11-17-12(21-18-11)10-6-13(14,15)7-16-10/h2-5,10,16H,6-7H2,1H3. The molecule has 22 heavy (non-hydrogen) atoms. The second-order valence-electron chi connectivity index (χ2n) is 5.25. The summed E-state index contributed by atoms with van der Waals surface area (Å²) in [5.41, 5.74) is 0.548. The third-order valence-corrected chi connectivity index (χ3v) is 4.52. The van der Waals surface area contributed by atoms with Gasteiger partial charge >= 0.3 is 0 Å². The van der Waals surface area contributed by atoms with E-state index in [9.17, 15) is 17.2 Å². The third kappa shape index (κ3) is 3.00. The molecule has 0 amide bonds. The summed E-state index contributed by atoms with van der Waals surface area (Å²) in [7, 11) is -3.28. The van der Waals surface area contributed by atoms with Crippen molar-refractivity contribution in [3.63, 3.8) is 0 Å². The van der Waals surface area contributed by atoms with Crippen LogP contribution < -0.4 is 5.32 Å². The lowest BCUT2D eigenvalue weighted by molar-refractivity contribution is 0.0200. The molecular formula is C13H13F2N3O3S. The summed E-state index contributed by atoms with van der Waals surface area (Å²) >= 11 is 0. The molecule has 1 atom stereocenters. The smallest absolute Gasteiger partial charge is 0.262 e. The Morgan fingerprint density at radius 3 is 2.55 bits per heavy atom. The summed E-state index contributed by atoms with van der Waals surface area (Å²) in [6.07, 6.45) is 0.724. The van der Waals surface area contributed by atoms with Crippen molar-refractivity contribution in [3.05, 3.63) is 30.2 Å². The molecule has 9 heteroatoms. The highest BCUT2D eigenvalue weighted by Crippen LogP contribution is 2.33. The van der Waals surface area contributed by atoms with E-state index >= 15 is 0 Å². The predicted octanol–water partition coefficient (Wildman–Crippen LogP) is 1.81. The van der Waals surface area contributed by atoms with E-state index in [1.54, 1.807) is 12.1 Å². The first kappa shape index (κ1) is 15.0. The Morgan fingerprint density at radius 2 is 2.00 bits per heavy atom. The first-order valence-electron chi connectivity index (χ1n) is 6.50. The van der Waals surface area contributed by atoms with Crippen molar-refractivity contribution in [1.82, 2.24) is 15.5 Å². The van der Waals surface area contributed by atoms with Gasteiger partial charge in [-0.2, -0.15) is 4.98 Å². The number of alkyl halides is 2. The van der Waals surface area contributed by atoms with Gasteiger partial charge in [0.15, 0.2) is 9.84 Å². The first-order chi connectivity index (χ1) is 10.2. The summed E-state index contributed by atoms with van der Waals surface area (Å²) in [4.78, 5) is 4.27. The lowest BCUT2D eigenvalue weighted by Gasteiger charge is -2.04. The number of sulfone groups is 1. The molecule has 1 unspecified atom stereocenters. The number of halogens is 2. The largest absolute Gasteiger partial charge is 0.337 e. The van der Waals surface area contributed by atoms with Gasteiger partial charge in [0.1, 0.15) is 0 Å². The highest BCUT2D eigenvalue weighted by Gasteiger charge is 2.42. The zero-order valence-corrected chi connectivity index (χ0v) is 12.4. The number of benzene rings is 1. The van der Waals surface area contributed by atoms with Gasteiger partial charge in [-0.1, -0.05) is 5.16 Å². The van der Waals surface area contributed by atoms with Crippen molar-refractivity contribution in [2.45, 2.75) is 23.3 Å². The second-order valence-corrected chi connectivity index (χ2v) is 7.26. The van der Waals surface area contributed by atoms with Gasteiger partial charge in [-0.05, 0) is 24.3 Å². The van der Waals surface area contributed by atoms with Gasteiger partial charge < -0.3 is 4.52 Å². The zero-order chi connectivity index (χ0) is 16.0. The minimum absolute atomic E-state index is 0.0966. The minimum Gasteiger partial charge on any atom is -0.337 e. The van der Waals surface area contributed by atoms with E-state index in [2.05, 4.69) is 15.5 Å². The highest BCUT2D eigenvalue weighted by molar-refractivity contribution is 7.90. The van der Waals surface area contributed by atoms with Crippen LogP contribution in [0.1, 0.15) is 18.4 Å². The van der Waals surface area contributed by atoms with Crippen LogP contribution in [0.3, 0.4) is 0 Å². The Labute approximate surface area is 125 Å². The topological polar surface area (TPSA) is 85.1 Å². The van der Waals surface area contributed by atoms with Crippen LogP contribution in [0.5, 0.6) is 0 Å². The fourth-order valence-corrected chi connectivity index (χ4v) is 2.87. The van der Waals surface area contributed by atoms with Crippen LogP contribution in [0, 0.1) is 0 Å². The lowest BCUT2D eigenvalue weighted by Crippen LogP contribution is -2.19. The molecule has 1 aromatic heterocycles. The number of hydrogen-bond donors (Lipinski definition) is 1. The summed E-state index contributed by atoms with van der Waals surface area (Å²) in [5.74, 6) is -2.46. The molecule has 0 aliphatic carbocycles. The van der Waals surface area contributed by atoms with Crippen molar-refractivity contribution in [3.8, 4) is 11.4 Å². The van der Waals surface area contributed by atoms with E-state index < -0.39 is 28.3 Å². The number of rotatable bonds is 3. The molecule has 1 aliphatic rings. The number of aromatic nitrogens is 2. The van der Waals surface area contributed by atoms with Gasteiger partial charge in [0.05, 0.1) is 17.5 Å². The molecule has 0 bridgehead atoms. The molecule has 0 spiro atoms. The molecule has 1 saturated heterocycles. The van der Waals surface area contributed by atoms with E-state index in [-0.39, 0.29) is 23.0 Å². The van der Waals surface area contributed by atoms with E-state index in [1.165, 1.54) is 12.1 Å². The maximum atomic E-state index is 13.2. The second kappa shape index (κ2) is 5.10. The fourth-order valence-electron chi connectivity index (χ4n) is 2.24. The Hall–Kier alpha value is -1.87. The lowest BCUT2D eigenvalue weighted by atomic mass is 10.2. The summed E-state index contributed by atoms with van der Waals surface area (Å²) < 4.78 is 54.1. The molecule has 2 aromatic rings. The van der Waals surface area contributed by atoms with Gasteiger partial charge in [0.2, 0.25) is 11.7 Å². The van der Waals surface area contributed by atoms with Gasteiger partial charge in [0.25, 0.3) is 5.92 Å². The maximum absolute atomic E-state index is 13.2. The van der Waals surface area contributed by atoms with Gasteiger partial charge in [-0.25, -0.2) is 17.2 Å². The third-order valence-electron chi connectivity index (χ3n) is 3.39. The van der Waals surface area contributed by atoms with Gasteiger partial charge in [-0.3, -0.25) is 5.32 Å². The molecule has 6 nitrogen and oxygen atoms in total. The van der Waals surface area contributed by atoms with E-state index in [1.807, 2.05) is 0 Å². The van der Waals surface area contributed by atoms with Crippen molar-refractivity contribution in [1.29, 1.82) is 0 Å². The molecule has 1 N–H and O–H groups in total. The molecule has 1 aromatic carbocycles. The fraction of sp³-hybridized carbons (Fsp3) is 0.385.